The Hall–Kier alpha value is -1.06. The van der Waals surface area contributed by atoms with Crippen LogP contribution < -0.4 is 10.2 Å². The van der Waals surface area contributed by atoms with Crippen molar-refractivity contribution in [2.45, 2.75) is 64.1 Å². The highest BCUT2D eigenvalue weighted by Crippen LogP contribution is 2.30. The van der Waals surface area contributed by atoms with Gasteiger partial charge >= 0.3 is 0 Å². The highest BCUT2D eigenvalue weighted by atomic mass is 16.3. The van der Waals surface area contributed by atoms with Crippen LogP contribution in [0.25, 0.3) is 0 Å². The van der Waals surface area contributed by atoms with Gasteiger partial charge in [0, 0.05) is 30.9 Å². The Morgan fingerprint density at radius 1 is 1.19 bits per heavy atom. The van der Waals surface area contributed by atoms with Crippen molar-refractivity contribution < 1.29 is 5.11 Å². The van der Waals surface area contributed by atoms with Crippen LogP contribution in [0, 0.1) is 6.92 Å². The number of nitrogens with zero attached hydrogens (tertiary/aromatic N) is 1. The second-order valence-corrected chi connectivity index (χ2v) is 6.63. The summed E-state index contributed by atoms with van der Waals surface area (Å²) in [7, 11) is 0. The second-order valence-electron chi connectivity index (χ2n) is 6.63. The van der Waals surface area contributed by atoms with Gasteiger partial charge in [-0.3, -0.25) is 0 Å². The van der Waals surface area contributed by atoms with Crippen LogP contribution >= 0.6 is 0 Å². The molecule has 3 nitrogen and oxygen atoms in total. The molecule has 2 saturated carbocycles. The molecule has 2 aliphatic rings. The summed E-state index contributed by atoms with van der Waals surface area (Å²) < 4.78 is 0. The van der Waals surface area contributed by atoms with Gasteiger partial charge in [-0.15, -0.1) is 0 Å². The minimum absolute atomic E-state index is 0.237. The molecular weight excluding hydrogens is 260 g/mol. The van der Waals surface area contributed by atoms with Gasteiger partial charge in [-0.05, 0) is 49.8 Å². The number of aliphatic hydroxyl groups is 1. The van der Waals surface area contributed by atoms with Crippen LogP contribution in [0.15, 0.2) is 18.2 Å². The lowest BCUT2D eigenvalue weighted by molar-refractivity contribution is 0.297. The molecule has 0 spiro atoms. The number of hydrogen-bond donors (Lipinski definition) is 2. The minimum atomic E-state index is 0.237. The molecule has 0 radical (unpaired) electrons. The van der Waals surface area contributed by atoms with E-state index in [0.29, 0.717) is 6.04 Å². The monoisotopic (exact) mass is 288 g/mol. The molecular formula is C18H28N2O. The SMILES string of the molecule is Cc1cc(CNC2CC2)ccc1N(CCO)C1CCCC1. The first kappa shape index (κ1) is 14.9. The zero-order valence-electron chi connectivity index (χ0n) is 13.1. The number of benzene rings is 1. The van der Waals surface area contributed by atoms with Crippen molar-refractivity contribution in [2.24, 2.45) is 0 Å². The van der Waals surface area contributed by atoms with E-state index in [9.17, 15) is 5.11 Å². The highest BCUT2D eigenvalue weighted by Gasteiger charge is 2.24. The van der Waals surface area contributed by atoms with Gasteiger partial charge in [-0.1, -0.05) is 25.0 Å². The van der Waals surface area contributed by atoms with Crippen molar-refractivity contribution in [1.82, 2.24) is 5.32 Å². The quantitative estimate of drug-likeness (QED) is 0.809. The van der Waals surface area contributed by atoms with E-state index in [-0.39, 0.29) is 6.61 Å². The molecule has 0 unspecified atom stereocenters. The summed E-state index contributed by atoms with van der Waals surface area (Å²) in [5.74, 6) is 0. The summed E-state index contributed by atoms with van der Waals surface area (Å²) in [5, 5.41) is 13.0. The topological polar surface area (TPSA) is 35.5 Å². The predicted molar refractivity (Wildman–Crippen MR) is 87.7 cm³/mol. The van der Waals surface area contributed by atoms with Crippen molar-refractivity contribution in [3.8, 4) is 0 Å². The van der Waals surface area contributed by atoms with Gasteiger partial charge in [0.25, 0.3) is 0 Å². The Bertz CT molecular complexity index is 464. The van der Waals surface area contributed by atoms with Crippen LogP contribution in [0.3, 0.4) is 0 Å². The van der Waals surface area contributed by atoms with E-state index < -0.39 is 0 Å². The zero-order chi connectivity index (χ0) is 14.7. The first-order valence-electron chi connectivity index (χ1n) is 8.48. The molecule has 2 N–H and O–H groups in total. The Labute approximate surface area is 128 Å². The minimum Gasteiger partial charge on any atom is -0.395 e. The Kier molecular flexibility index (Phi) is 4.81. The second kappa shape index (κ2) is 6.80. The maximum atomic E-state index is 9.40. The molecule has 0 aliphatic heterocycles. The molecule has 2 aliphatic carbocycles. The molecule has 116 valence electrons. The molecule has 21 heavy (non-hydrogen) atoms. The van der Waals surface area contributed by atoms with Crippen molar-refractivity contribution in [1.29, 1.82) is 0 Å². The number of aliphatic hydroxyl groups excluding tert-OH is 1. The fourth-order valence-corrected chi connectivity index (χ4v) is 3.52. The molecule has 1 aromatic rings. The highest BCUT2D eigenvalue weighted by molar-refractivity contribution is 5.55. The lowest BCUT2D eigenvalue weighted by Gasteiger charge is -2.32. The molecule has 2 fully saturated rings. The van der Waals surface area contributed by atoms with Gasteiger partial charge in [0.15, 0.2) is 0 Å². The molecule has 1 aromatic carbocycles. The van der Waals surface area contributed by atoms with Crippen molar-refractivity contribution >= 4 is 5.69 Å². The summed E-state index contributed by atoms with van der Waals surface area (Å²) in [6.07, 6.45) is 7.87. The van der Waals surface area contributed by atoms with Crippen molar-refractivity contribution in [2.75, 3.05) is 18.1 Å². The summed E-state index contributed by atoms with van der Waals surface area (Å²) >= 11 is 0. The molecule has 0 saturated heterocycles. The standard InChI is InChI=1S/C18H28N2O/c1-14-12-15(13-19-16-7-8-16)6-9-18(14)20(10-11-21)17-4-2-3-5-17/h6,9,12,16-17,19,21H,2-5,7-8,10-11,13H2,1H3. The molecule has 0 heterocycles. The van der Waals surface area contributed by atoms with Gasteiger partial charge in [0.05, 0.1) is 6.61 Å². The third-order valence-electron chi connectivity index (χ3n) is 4.85. The van der Waals surface area contributed by atoms with E-state index in [0.717, 1.165) is 19.1 Å². The van der Waals surface area contributed by atoms with E-state index in [1.807, 2.05) is 0 Å². The Morgan fingerprint density at radius 3 is 2.57 bits per heavy atom. The summed E-state index contributed by atoms with van der Waals surface area (Å²) in [5.41, 5.74) is 4.02. The average molecular weight is 288 g/mol. The van der Waals surface area contributed by atoms with Gasteiger partial charge in [-0.2, -0.15) is 0 Å². The summed E-state index contributed by atoms with van der Waals surface area (Å²) in [4.78, 5) is 2.43. The van der Waals surface area contributed by atoms with Crippen LogP contribution in [0.5, 0.6) is 0 Å². The van der Waals surface area contributed by atoms with E-state index in [4.69, 9.17) is 0 Å². The normalized spacial score (nSPS) is 19.1. The number of aryl methyl sites for hydroxylation is 1. The van der Waals surface area contributed by atoms with Gasteiger partial charge in [0.1, 0.15) is 0 Å². The molecule has 3 heteroatoms. The number of nitrogens with one attached hydrogen (secondary N) is 1. The smallest absolute Gasteiger partial charge is 0.0606 e. The van der Waals surface area contributed by atoms with Gasteiger partial charge in [0.2, 0.25) is 0 Å². The fourth-order valence-electron chi connectivity index (χ4n) is 3.52. The molecule has 0 aromatic heterocycles. The lowest BCUT2D eigenvalue weighted by Crippen LogP contribution is -2.36. The first-order valence-corrected chi connectivity index (χ1v) is 8.48. The Morgan fingerprint density at radius 2 is 1.95 bits per heavy atom. The zero-order valence-corrected chi connectivity index (χ0v) is 13.1. The summed E-state index contributed by atoms with van der Waals surface area (Å²) in [6.45, 7) is 4.18. The third kappa shape index (κ3) is 3.78. The van der Waals surface area contributed by atoms with E-state index >= 15 is 0 Å². The van der Waals surface area contributed by atoms with Gasteiger partial charge in [-0.25, -0.2) is 0 Å². The summed E-state index contributed by atoms with van der Waals surface area (Å²) in [6, 6.07) is 8.19. The van der Waals surface area contributed by atoms with Crippen LogP contribution in [-0.2, 0) is 6.54 Å². The number of rotatable bonds is 7. The largest absolute Gasteiger partial charge is 0.395 e. The van der Waals surface area contributed by atoms with E-state index in [1.165, 1.54) is 55.3 Å². The third-order valence-corrected chi connectivity index (χ3v) is 4.85. The number of anilines is 1. The fraction of sp³-hybridized carbons (Fsp3) is 0.667. The van der Waals surface area contributed by atoms with Crippen molar-refractivity contribution in [3.63, 3.8) is 0 Å². The van der Waals surface area contributed by atoms with Crippen molar-refractivity contribution in [3.05, 3.63) is 29.3 Å². The lowest BCUT2D eigenvalue weighted by atomic mass is 10.1. The maximum absolute atomic E-state index is 9.40. The molecule has 3 rings (SSSR count). The molecule has 0 bridgehead atoms. The molecule has 0 atom stereocenters. The maximum Gasteiger partial charge on any atom is 0.0606 e. The van der Waals surface area contributed by atoms with Crippen LogP contribution in [0.2, 0.25) is 0 Å². The average Bonchev–Trinajstić information content (AvgIpc) is 3.16. The van der Waals surface area contributed by atoms with E-state index in [1.54, 1.807) is 0 Å². The number of hydrogen-bond acceptors (Lipinski definition) is 3. The predicted octanol–water partition coefficient (Wildman–Crippen LogP) is 2.99. The first-order chi connectivity index (χ1) is 10.3. The van der Waals surface area contributed by atoms with Gasteiger partial charge < -0.3 is 15.3 Å². The van der Waals surface area contributed by atoms with Crippen LogP contribution in [0.4, 0.5) is 5.69 Å². The van der Waals surface area contributed by atoms with E-state index in [2.05, 4.69) is 35.3 Å². The van der Waals surface area contributed by atoms with Crippen LogP contribution in [0.1, 0.15) is 49.7 Å². The Balaban J connectivity index is 1.71. The van der Waals surface area contributed by atoms with Crippen LogP contribution in [-0.4, -0.2) is 30.3 Å². The molecule has 0 amide bonds.